The van der Waals surface area contributed by atoms with Gasteiger partial charge in [0.25, 0.3) is 0 Å². The molecule has 0 aliphatic carbocycles. The summed E-state index contributed by atoms with van der Waals surface area (Å²) in [6, 6.07) is 62.4. The van der Waals surface area contributed by atoms with E-state index in [0.717, 1.165) is 45.8 Å². The molecule has 0 amide bonds. The molecule has 10 aromatic rings. The third kappa shape index (κ3) is 8.37. The van der Waals surface area contributed by atoms with E-state index in [-0.39, 0.29) is 20.1 Å². The van der Waals surface area contributed by atoms with Gasteiger partial charge in [0.2, 0.25) is 0 Å². The van der Waals surface area contributed by atoms with E-state index in [9.17, 15) is 0 Å². The first-order valence-electron chi connectivity index (χ1n) is 20.1. The number of fused-ring (bicyclic) bond motifs is 5. The normalized spacial score (nSPS) is 11.6. The van der Waals surface area contributed by atoms with Gasteiger partial charge in [0.1, 0.15) is 0 Å². The molecule has 6 heteroatoms. The fourth-order valence-electron chi connectivity index (χ4n) is 7.92. The van der Waals surface area contributed by atoms with Crippen LogP contribution in [0.5, 0.6) is 0 Å². The molecule has 0 aliphatic heterocycles. The molecule has 3 heterocycles. The summed E-state index contributed by atoms with van der Waals surface area (Å²) >= 11 is 1.81. The molecule has 0 atom stereocenters. The molecule has 0 bridgehead atoms. The molecule has 0 saturated carbocycles. The second-order valence-corrected chi connectivity index (χ2v) is 22.6. The van der Waals surface area contributed by atoms with E-state index in [2.05, 4.69) is 201 Å². The minimum atomic E-state index is -1.34. The van der Waals surface area contributed by atoms with E-state index < -0.39 is 8.07 Å². The predicted molar refractivity (Wildman–Crippen MR) is 251 cm³/mol. The van der Waals surface area contributed by atoms with Crippen molar-refractivity contribution in [2.75, 3.05) is 0 Å². The van der Waals surface area contributed by atoms with Crippen molar-refractivity contribution >= 4 is 66.6 Å². The summed E-state index contributed by atoms with van der Waals surface area (Å²) < 4.78 is 4.82. The summed E-state index contributed by atoms with van der Waals surface area (Å²) in [7, 11) is -1.34. The second-order valence-electron chi connectivity index (χ2n) is 16.4. The smallest absolute Gasteiger partial charge is 0.0798 e. The third-order valence-electron chi connectivity index (χ3n) is 10.7. The molecule has 0 saturated heterocycles. The van der Waals surface area contributed by atoms with Crippen LogP contribution in [-0.4, -0.2) is 22.6 Å². The van der Waals surface area contributed by atoms with Crippen molar-refractivity contribution in [3.05, 3.63) is 182 Å². The molecule has 293 valence electrons. The first-order valence-corrected chi connectivity index (χ1v) is 24.4. The van der Waals surface area contributed by atoms with Gasteiger partial charge in [-0.15, -0.1) is 59.7 Å². The molecule has 0 N–H and O–H groups in total. The summed E-state index contributed by atoms with van der Waals surface area (Å²) in [5, 5.41) is 6.42. The molecule has 10 rings (SSSR count). The maximum atomic E-state index is 5.20. The number of imidazole rings is 1. The van der Waals surface area contributed by atoms with Crippen LogP contribution in [0.25, 0.3) is 81.4 Å². The van der Waals surface area contributed by atoms with Gasteiger partial charge >= 0.3 is 0 Å². The minimum Gasteiger partial charge on any atom is -0.333 e. The van der Waals surface area contributed by atoms with Crippen LogP contribution in [-0.2, 0) is 26.5 Å². The summed E-state index contributed by atoms with van der Waals surface area (Å²) in [6.45, 7) is 11.7. The number of nitrogens with zero attached hydrogens (tertiary/aromatic N) is 3. The van der Waals surface area contributed by atoms with Gasteiger partial charge in [-0.1, -0.05) is 135 Å². The zero-order valence-electron chi connectivity index (χ0n) is 34.0. The molecule has 1 radical (unpaired) electrons. The number of hydrogen-bond acceptors (Lipinski definition) is 3. The molecular weight excluding hydrogens is 931 g/mol. The van der Waals surface area contributed by atoms with Gasteiger partial charge in [-0.3, -0.25) is 4.98 Å². The first kappa shape index (κ1) is 40.3. The Morgan fingerprint density at radius 2 is 1.36 bits per heavy atom. The van der Waals surface area contributed by atoms with Gasteiger partial charge in [-0.05, 0) is 85.5 Å². The van der Waals surface area contributed by atoms with Crippen LogP contribution >= 0.6 is 11.3 Å². The maximum absolute atomic E-state index is 5.20. The molecule has 0 aliphatic rings. The van der Waals surface area contributed by atoms with Gasteiger partial charge in [0.05, 0.1) is 24.9 Å². The van der Waals surface area contributed by atoms with Gasteiger partial charge in [0, 0.05) is 36.7 Å². The maximum Gasteiger partial charge on any atom is 0.0798 e. The number of aromatic nitrogens is 3. The van der Waals surface area contributed by atoms with Gasteiger partial charge < -0.3 is 9.55 Å². The molecule has 3 nitrogen and oxygen atoms in total. The first-order chi connectivity index (χ1) is 28.2. The Bertz CT molecular complexity index is 3040. The zero-order valence-corrected chi connectivity index (χ0v) is 38.2. The summed E-state index contributed by atoms with van der Waals surface area (Å²) in [5.74, 6) is 1.57. The molecular formula is C53H45IrN3SSi-2. The van der Waals surface area contributed by atoms with Crippen molar-refractivity contribution in [2.45, 2.75) is 39.9 Å². The molecule has 3 aromatic heterocycles. The average Bonchev–Trinajstić information content (AvgIpc) is 3.81. The molecule has 59 heavy (non-hydrogen) atoms. The van der Waals surface area contributed by atoms with Crippen LogP contribution in [0.4, 0.5) is 0 Å². The van der Waals surface area contributed by atoms with Crippen LogP contribution in [0.1, 0.15) is 19.4 Å². The van der Waals surface area contributed by atoms with E-state index in [1.807, 2.05) is 29.5 Å². The van der Waals surface area contributed by atoms with E-state index >= 15 is 0 Å². The summed E-state index contributed by atoms with van der Waals surface area (Å²) in [6.07, 6.45) is 3.24. The SMILES string of the molecule is CC(C)Cc1cc(-c2[c-]cccc2)ncc1[Si](C)(C)C.[Ir].[c-]1cc2sc3ccccc3c2cc1-c1nc2cc3ccccc3cc2n1-c1ccc(-c2ccccc2)cc1. The molecule has 0 unspecified atom stereocenters. The Hall–Kier alpha value is -5.49. The van der Waals surface area contributed by atoms with E-state index in [1.54, 1.807) is 0 Å². The quantitative estimate of drug-likeness (QED) is 0.118. The number of benzene rings is 7. The monoisotopic (exact) mass is 976 g/mol. The van der Waals surface area contributed by atoms with E-state index in [1.165, 1.54) is 52.8 Å². The largest absolute Gasteiger partial charge is 0.333 e. The number of hydrogen-bond donors (Lipinski definition) is 0. The van der Waals surface area contributed by atoms with Crippen molar-refractivity contribution in [1.29, 1.82) is 0 Å². The minimum absolute atomic E-state index is 0. The molecule has 0 spiro atoms. The van der Waals surface area contributed by atoms with Gasteiger partial charge in [-0.25, -0.2) is 0 Å². The van der Waals surface area contributed by atoms with Crippen molar-refractivity contribution in [2.24, 2.45) is 5.92 Å². The van der Waals surface area contributed by atoms with Crippen LogP contribution < -0.4 is 5.19 Å². The molecule has 7 aromatic carbocycles. The Kier molecular flexibility index (Phi) is 11.6. The van der Waals surface area contributed by atoms with Gasteiger partial charge in [0.15, 0.2) is 0 Å². The van der Waals surface area contributed by atoms with E-state index in [4.69, 9.17) is 4.98 Å². The second kappa shape index (κ2) is 17.0. The Morgan fingerprint density at radius 1 is 0.661 bits per heavy atom. The van der Waals surface area contributed by atoms with Crippen molar-refractivity contribution in [1.82, 2.24) is 14.5 Å². The fourth-order valence-corrected chi connectivity index (χ4v) is 10.6. The van der Waals surface area contributed by atoms with Crippen molar-refractivity contribution in [3.63, 3.8) is 0 Å². The van der Waals surface area contributed by atoms with Crippen molar-refractivity contribution in [3.8, 4) is 39.5 Å². The average molecular weight is 976 g/mol. The predicted octanol–water partition coefficient (Wildman–Crippen LogP) is 14.0. The summed E-state index contributed by atoms with van der Waals surface area (Å²) in [5.41, 5.74) is 10.2. The molecule has 0 fully saturated rings. The number of pyridine rings is 1. The number of thiophene rings is 1. The Balaban J connectivity index is 0.000000197. The topological polar surface area (TPSA) is 30.7 Å². The van der Waals surface area contributed by atoms with Crippen LogP contribution in [0.2, 0.25) is 19.6 Å². The third-order valence-corrected chi connectivity index (χ3v) is 13.9. The van der Waals surface area contributed by atoms with Crippen LogP contribution in [0.15, 0.2) is 164 Å². The van der Waals surface area contributed by atoms with E-state index in [0.29, 0.717) is 5.92 Å². The van der Waals surface area contributed by atoms with Crippen molar-refractivity contribution < 1.29 is 20.1 Å². The Morgan fingerprint density at radius 3 is 2.08 bits per heavy atom. The summed E-state index contributed by atoms with van der Waals surface area (Å²) in [4.78, 5) is 9.88. The number of rotatable bonds is 7. The zero-order chi connectivity index (χ0) is 39.8. The Labute approximate surface area is 365 Å². The van der Waals surface area contributed by atoms with Crippen LogP contribution in [0, 0.1) is 18.1 Å². The van der Waals surface area contributed by atoms with Gasteiger partial charge in [-0.2, -0.15) is 11.3 Å². The standard InChI is InChI=1S/C35H21N2S.C18H24NSi.Ir/c1-2-8-23(9-3-1)24-14-17-28(18-15-24)37-32-22-26-11-5-4-10-25(26)21-31(32)36-35(37)27-16-19-34-30(20-27)29-12-6-7-13-33(29)38-34;1-14(2)11-16-12-17(15-9-7-6-8-10-15)19-13-18(16)20(3,4)5;/h1-15,17-22H;6-9,12-14H,11H2,1-5H3;/q2*-1;. The fraction of sp³-hybridized carbons (Fsp3) is 0.132. The van der Waals surface area contributed by atoms with Crippen LogP contribution in [0.3, 0.4) is 0 Å².